The highest BCUT2D eigenvalue weighted by Crippen LogP contribution is 2.55. The van der Waals surface area contributed by atoms with Crippen LogP contribution in [0.2, 0.25) is 0 Å². The molecule has 0 bridgehead atoms. The normalized spacial score (nSPS) is 22.1. The molecule has 0 saturated carbocycles. The summed E-state index contributed by atoms with van der Waals surface area (Å²) in [6.45, 7) is 1.50. The number of benzene rings is 1. The molecule has 1 aromatic carbocycles. The van der Waals surface area contributed by atoms with Gasteiger partial charge in [-0.05, 0) is 56.7 Å². The molecule has 0 aliphatic heterocycles. The van der Waals surface area contributed by atoms with Crippen LogP contribution < -0.4 is 0 Å². The molecule has 0 saturated heterocycles. The largest absolute Gasteiger partial charge is 0.435 e. The Morgan fingerprint density at radius 2 is 1.54 bits per heavy atom. The molecule has 144 valence electrons. The Balaban J connectivity index is 2.77. The molecule has 0 nitrogen and oxygen atoms in total. The molecule has 0 fully saturated rings. The minimum absolute atomic E-state index is 0.0103. The van der Waals surface area contributed by atoms with Crippen molar-refractivity contribution in [2.75, 3.05) is 0 Å². The van der Waals surface area contributed by atoms with E-state index >= 15 is 0 Å². The smallest absolute Gasteiger partial charge is 0.218 e. The Labute approximate surface area is 158 Å². The lowest BCUT2D eigenvalue weighted by molar-refractivity contribution is -0.325. The van der Waals surface area contributed by atoms with Crippen LogP contribution in [0.25, 0.3) is 0 Å². The highest BCUT2D eigenvalue weighted by Gasteiger charge is 2.74. The summed E-state index contributed by atoms with van der Waals surface area (Å²) in [5, 5.41) is 0. The first-order valence-corrected chi connectivity index (χ1v) is 8.53. The van der Waals surface area contributed by atoms with Gasteiger partial charge in [0.1, 0.15) is 5.82 Å². The van der Waals surface area contributed by atoms with Crippen molar-refractivity contribution in [2.45, 2.75) is 43.2 Å². The summed E-state index contributed by atoms with van der Waals surface area (Å²) >= 11 is 1.55. The van der Waals surface area contributed by atoms with Crippen molar-refractivity contribution in [3.8, 4) is 0 Å². The molecular weight excluding hydrogens is 483 g/mol. The number of allylic oxidation sites excluding steroid dienone is 4. The maximum Gasteiger partial charge on any atom is 0.435 e. The van der Waals surface area contributed by atoms with Gasteiger partial charge in [0.15, 0.2) is 0 Å². The number of halogens is 9. The van der Waals surface area contributed by atoms with E-state index in [1.807, 2.05) is 0 Å². The summed E-state index contributed by atoms with van der Waals surface area (Å²) in [5.74, 6) is -0.778. The van der Waals surface area contributed by atoms with E-state index in [9.17, 15) is 35.1 Å². The van der Waals surface area contributed by atoms with Crippen molar-refractivity contribution in [2.24, 2.45) is 0 Å². The predicted molar refractivity (Wildman–Crippen MR) is 89.1 cm³/mol. The first kappa shape index (κ1) is 21.2. The van der Waals surface area contributed by atoms with Crippen molar-refractivity contribution >= 4 is 22.6 Å². The van der Waals surface area contributed by atoms with Crippen LogP contribution in [0.4, 0.5) is 35.1 Å². The zero-order chi connectivity index (χ0) is 20.0. The lowest BCUT2D eigenvalue weighted by Crippen LogP contribution is -2.55. The zero-order valence-corrected chi connectivity index (χ0v) is 15.4. The first-order valence-electron chi connectivity index (χ1n) is 7.45. The van der Waals surface area contributed by atoms with Gasteiger partial charge in [-0.1, -0.05) is 31.2 Å². The van der Waals surface area contributed by atoms with Crippen molar-refractivity contribution < 1.29 is 35.1 Å². The predicted octanol–water partition coefficient (Wildman–Crippen LogP) is 6.96. The van der Waals surface area contributed by atoms with E-state index in [1.165, 1.54) is 25.1 Å². The average molecular weight is 496 g/mol. The fourth-order valence-electron chi connectivity index (χ4n) is 3.05. The Hall–Kier alpha value is -1.13. The van der Waals surface area contributed by atoms with Crippen LogP contribution in [-0.4, -0.2) is 18.0 Å². The van der Waals surface area contributed by atoms with Crippen molar-refractivity contribution in [3.63, 3.8) is 0 Å². The highest BCUT2D eigenvalue weighted by molar-refractivity contribution is 14.1. The van der Waals surface area contributed by atoms with Crippen LogP contribution in [0.3, 0.4) is 0 Å². The van der Waals surface area contributed by atoms with Gasteiger partial charge < -0.3 is 0 Å². The Morgan fingerprint density at radius 3 is 2.00 bits per heavy atom. The minimum Gasteiger partial charge on any atom is -0.218 e. The van der Waals surface area contributed by atoms with Crippen LogP contribution in [-0.2, 0) is 5.41 Å². The lowest BCUT2D eigenvalue weighted by atomic mass is 9.70. The number of hydrogen-bond donors (Lipinski definition) is 0. The molecule has 1 aliphatic carbocycles. The topological polar surface area (TPSA) is 0 Å². The monoisotopic (exact) mass is 496 g/mol. The van der Waals surface area contributed by atoms with Gasteiger partial charge in [-0.25, -0.2) is 8.78 Å². The van der Waals surface area contributed by atoms with Gasteiger partial charge in [0.25, 0.3) is 0 Å². The summed E-state index contributed by atoms with van der Waals surface area (Å²) in [5.41, 5.74) is -8.70. The Morgan fingerprint density at radius 1 is 1.00 bits per heavy atom. The second kappa shape index (κ2) is 6.79. The number of rotatable bonds is 3. The quantitative estimate of drug-likeness (QED) is 0.314. The molecule has 2 rings (SSSR count). The van der Waals surface area contributed by atoms with Gasteiger partial charge in [-0.2, -0.15) is 26.3 Å². The lowest BCUT2D eigenvalue weighted by Gasteiger charge is -2.38. The molecule has 1 aromatic rings. The van der Waals surface area contributed by atoms with E-state index in [2.05, 4.69) is 0 Å². The third-order valence-corrected chi connectivity index (χ3v) is 5.14. The van der Waals surface area contributed by atoms with Gasteiger partial charge in [-0.15, -0.1) is 0 Å². The highest BCUT2D eigenvalue weighted by atomic mass is 127. The van der Waals surface area contributed by atoms with Crippen LogP contribution in [0, 0.1) is 5.82 Å². The van der Waals surface area contributed by atoms with E-state index in [1.54, 1.807) is 22.6 Å². The van der Waals surface area contributed by atoms with E-state index < -0.39 is 34.8 Å². The van der Waals surface area contributed by atoms with Crippen molar-refractivity contribution in [1.29, 1.82) is 0 Å². The van der Waals surface area contributed by atoms with Gasteiger partial charge in [0.05, 0.1) is 0 Å². The van der Waals surface area contributed by atoms with Crippen LogP contribution in [0.5, 0.6) is 0 Å². The third-order valence-electron chi connectivity index (χ3n) is 4.45. The van der Waals surface area contributed by atoms with E-state index in [4.69, 9.17) is 0 Å². The van der Waals surface area contributed by atoms with Gasteiger partial charge >= 0.3 is 18.0 Å². The summed E-state index contributed by atoms with van der Waals surface area (Å²) in [4.78, 5) is 0. The average Bonchev–Trinajstić information content (AvgIpc) is 2.51. The number of alkyl halides is 7. The second-order valence-corrected chi connectivity index (χ2v) is 7.40. The SMILES string of the molecule is CCC1(c2ccccc2F)C=C(C(F)(C(F)(F)F)C(F)(F)F)C=C(I)C1. The van der Waals surface area contributed by atoms with Crippen molar-refractivity contribution in [3.05, 3.63) is 57.0 Å². The third kappa shape index (κ3) is 3.38. The molecule has 1 atom stereocenters. The van der Waals surface area contributed by atoms with E-state index in [-0.39, 0.29) is 22.0 Å². The standard InChI is InChI=1S/C17H13F8I/c1-2-14(12-5-3-4-6-13(12)18)8-10(7-11(26)9-14)15(19,16(20,21)22)17(23,24)25/h3-8H,2,9H2,1H3. The summed E-state index contributed by atoms with van der Waals surface area (Å²) in [7, 11) is 0. The number of hydrogen-bond acceptors (Lipinski definition) is 0. The molecule has 1 aliphatic rings. The van der Waals surface area contributed by atoms with Crippen LogP contribution in [0.1, 0.15) is 25.3 Å². The summed E-state index contributed by atoms with van der Waals surface area (Å²) in [6, 6.07) is 5.11. The minimum atomic E-state index is -6.21. The van der Waals surface area contributed by atoms with Crippen LogP contribution in [0.15, 0.2) is 45.6 Å². The first-order chi connectivity index (χ1) is 11.8. The van der Waals surface area contributed by atoms with Gasteiger partial charge in [-0.3, -0.25) is 0 Å². The zero-order valence-electron chi connectivity index (χ0n) is 13.3. The molecule has 26 heavy (non-hydrogen) atoms. The molecule has 0 heterocycles. The summed E-state index contributed by atoms with van der Waals surface area (Å²) < 4.78 is 107. The molecule has 0 radical (unpaired) electrons. The molecular formula is C17H13F8I. The maximum absolute atomic E-state index is 14.5. The fraction of sp³-hybridized carbons (Fsp3) is 0.412. The Bertz CT molecular complexity index is 730. The van der Waals surface area contributed by atoms with Gasteiger partial charge in [0.2, 0.25) is 0 Å². The van der Waals surface area contributed by atoms with Gasteiger partial charge in [0, 0.05) is 11.0 Å². The van der Waals surface area contributed by atoms with Crippen molar-refractivity contribution in [1.82, 2.24) is 0 Å². The maximum atomic E-state index is 14.5. The molecule has 0 N–H and O–H groups in total. The molecule has 0 amide bonds. The van der Waals surface area contributed by atoms with E-state index in [0.717, 1.165) is 6.07 Å². The summed E-state index contributed by atoms with van der Waals surface area (Å²) in [6.07, 6.45) is -11.3. The fourth-order valence-corrected chi connectivity index (χ4v) is 4.07. The molecule has 0 aromatic heterocycles. The second-order valence-electron chi connectivity index (χ2n) is 6.01. The molecule has 0 spiro atoms. The molecule has 1 unspecified atom stereocenters. The van der Waals surface area contributed by atoms with E-state index in [0.29, 0.717) is 12.2 Å². The molecule has 9 heteroatoms. The van der Waals surface area contributed by atoms with Crippen LogP contribution >= 0.6 is 22.6 Å². The Kier molecular flexibility index (Phi) is 5.53.